The fourth-order valence-electron chi connectivity index (χ4n) is 3.06. The molecule has 1 saturated carbocycles. The summed E-state index contributed by atoms with van der Waals surface area (Å²) in [6.45, 7) is 3.31. The van der Waals surface area contributed by atoms with E-state index in [4.69, 9.17) is 5.11 Å². The second-order valence-corrected chi connectivity index (χ2v) is 5.96. The first-order valence-corrected chi connectivity index (χ1v) is 7.92. The number of nitrogens with zero attached hydrogens (tertiary/aromatic N) is 2. The molecule has 1 aliphatic carbocycles. The topological polar surface area (TPSA) is 60.9 Å². The zero-order chi connectivity index (χ0) is 14.5. The summed E-state index contributed by atoms with van der Waals surface area (Å²) in [5.41, 5.74) is 0. The van der Waals surface area contributed by atoms with Gasteiger partial charge in [0, 0.05) is 25.2 Å². The summed E-state index contributed by atoms with van der Waals surface area (Å²) < 4.78 is 0. The molecular weight excluding hydrogens is 256 g/mol. The van der Waals surface area contributed by atoms with Crippen LogP contribution in [-0.4, -0.2) is 52.1 Å². The third-order valence-electron chi connectivity index (χ3n) is 4.39. The van der Waals surface area contributed by atoms with Crippen molar-refractivity contribution in [2.45, 2.75) is 70.4 Å². The van der Waals surface area contributed by atoms with Crippen LogP contribution in [0.2, 0.25) is 0 Å². The number of urea groups is 1. The molecule has 1 heterocycles. The van der Waals surface area contributed by atoms with E-state index in [-0.39, 0.29) is 18.5 Å². The molecule has 2 amide bonds. The summed E-state index contributed by atoms with van der Waals surface area (Å²) >= 11 is 0. The Balaban J connectivity index is 2.02. The largest absolute Gasteiger partial charge is 0.481 e. The first-order valence-electron chi connectivity index (χ1n) is 7.92. The molecule has 1 unspecified atom stereocenters. The first-order chi connectivity index (χ1) is 9.63. The Hall–Kier alpha value is -1.26. The normalized spacial score (nSPS) is 23.2. The van der Waals surface area contributed by atoms with Gasteiger partial charge in [-0.15, -0.1) is 0 Å². The van der Waals surface area contributed by atoms with Gasteiger partial charge in [0.05, 0.1) is 6.42 Å². The van der Waals surface area contributed by atoms with Crippen molar-refractivity contribution in [1.82, 2.24) is 9.80 Å². The molecule has 1 aliphatic heterocycles. The Morgan fingerprint density at radius 3 is 2.55 bits per heavy atom. The molecule has 1 atom stereocenters. The number of carboxylic acid groups (broad SMARTS) is 1. The maximum absolute atomic E-state index is 12.8. The lowest BCUT2D eigenvalue weighted by Crippen LogP contribution is -2.49. The van der Waals surface area contributed by atoms with Crippen molar-refractivity contribution < 1.29 is 14.7 Å². The van der Waals surface area contributed by atoms with Crippen LogP contribution in [-0.2, 0) is 4.79 Å². The summed E-state index contributed by atoms with van der Waals surface area (Å²) in [4.78, 5) is 27.4. The first kappa shape index (κ1) is 15.1. The second-order valence-electron chi connectivity index (χ2n) is 5.96. The predicted octanol–water partition coefficient (Wildman–Crippen LogP) is 2.70. The molecular formula is C15H26N2O3. The fraction of sp³-hybridized carbons (Fsp3) is 0.867. The maximum atomic E-state index is 12.8. The molecule has 2 fully saturated rings. The SMILES string of the molecule is CCC1CCCCCN1C(=O)N(CCC(=O)O)C1CC1. The molecule has 20 heavy (non-hydrogen) atoms. The van der Waals surface area contributed by atoms with Crippen molar-refractivity contribution in [2.75, 3.05) is 13.1 Å². The molecule has 0 aromatic heterocycles. The summed E-state index contributed by atoms with van der Waals surface area (Å²) in [5, 5.41) is 8.85. The average Bonchev–Trinajstić information content (AvgIpc) is 3.24. The van der Waals surface area contributed by atoms with Crippen LogP contribution in [0.4, 0.5) is 4.79 Å². The zero-order valence-corrected chi connectivity index (χ0v) is 12.4. The van der Waals surface area contributed by atoms with Gasteiger partial charge in [-0.1, -0.05) is 19.8 Å². The van der Waals surface area contributed by atoms with Crippen LogP contribution in [0.15, 0.2) is 0 Å². The van der Waals surface area contributed by atoms with Gasteiger partial charge in [-0.05, 0) is 32.1 Å². The molecule has 0 radical (unpaired) electrons. The molecule has 114 valence electrons. The number of amides is 2. The fourth-order valence-corrected chi connectivity index (χ4v) is 3.06. The van der Waals surface area contributed by atoms with Crippen LogP contribution in [0.5, 0.6) is 0 Å². The van der Waals surface area contributed by atoms with Crippen molar-refractivity contribution >= 4 is 12.0 Å². The van der Waals surface area contributed by atoms with Gasteiger partial charge in [0.15, 0.2) is 0 Å². The Morgan fingerprint density at radius 2 is 1.95 bits per heavy atom. The lowest BCUT2D eigenvalue weighted by atomic mass is 10.1. The zero-order valence-electron chi connectivity index (χ0n) is 12.4. The van der Waals surface area contributed by atoms with Crippen molar-refractivity contribution in [1.29, 1.82) is 0 Å². The Morgan fingerprint density at radius 1 is 1.20 bits per heavy atom. The van der Waals surface area contributed by atoms with Crippen LogP contribution in [0, 0.1) is 0 Å². The monoisotopic (exact) mass is 282 g/mol. The van der Waals surface area contributed by atoms with Crippen molar-refractivity contribution in [3.8, 4) is 0 Å². The highest BCUT2D eigenvalue weighted by molar-refractivity contribution is 5.76. The van der Waals surface area contributed by atoms with Crippen LogP contribution in [0.3, 0.4) is 0 Å². The summed E-state index contributed by atoms with van der Waals surface area (Å²) in [7, 11) is 0. The number of rotatable bonds is 5. The van der Waals surface area contributed by atoms with Crippen molar-refractivity contribution in [3.05, 3.63) is 0 Å². The van der Waals surface area contributed by atoms with Gasteiger partial charge in [0.1, 0.15) is 0 Å². The molecule has 0 bridgehead atoms. The highest BCUT2D eigenvalue weighted by atomic mass is 16.4. The van der Waals surface area contributed by atoms with E-state index in [0.29, 0.717) is 12.6 Å². The molecule has 5 heteroatoms. The number of hydrogen-bond acceptors (Lipinski definition) is 2. The summed E-state index contributed by atoms with van der Waals surface area (Å²) in [6, 6.07) is 0.682. The van der Waals surface area contributed by atoms with Crippen LogP contribution in [0.25, 0.3) is 0 Å². The van der Waals surface area contributed by atoms with Gasteiger partial charge in [-0.3, -0.25) is 4.79 Å². The van der Waals surface area contributed by atoms with E-state index in [0.717, 1.165) is 38.6 Å². The third-order valence-corrected chi connectivity index (χ3v) is 4.39. The van der Waals surface area contributed by atoms with Crippen LogP contribution < -0.4 is 0 Å². The van der Waals surface area contributed by atoms with Crippen molar-refractivity contribution in [3.63, 3.8) is 0 Å². The van der Waals surface area contributed by atoms with E-state index < -0.39 is 5.97 Å². The number of likely N-dealkylation sites (tertiary alicyclic amines) is 1. The minimum Gasteiger partial charge on any atom is -0.481 e. The molecule has 2 aliphatic rings. The van der Waals surface area contributed by atoms with Gasteiger partial charge in [0.2, 0.25) is 0 Å². The number of aliphatic carboxylic acids is 1. The number of carboxylic acids is 1. The molecule has 5 nitrogen and oxygen atoms in total. The molecule has 0 spiro atoms. The van der Waals surface area contributed by atoms with E-state index in [1.807, 2.05) is 9.80 Å². The minimum absolute atomic E-state index is 0.0485. The van der Waals surface area contributed by atoms with E-state index in [1.165, 1.54) is 12.8 Å². The molecule has 2 rings (SSSR count). The predicted molar refractivity (Wildman–Crippen MR) is 76.6 cm³/mol. The minimum atomic E-state index is -0.827. The van der Waals surface area contributed by atoms with Crippen molar-refractivity contribution in [2.24, 2.45) is 0 Å². The van der Waals surface area contributed by atoms with Crippen LogP contribution >= 0.6 is 0 Å². The Kier molecular flexibility index (Phi) is 5.26. The Labute approximate surface area is 120 Å². The second kappa shape index (κ2) is 6.95. The third kappa shape index (κ3) is 3.87. The van der Waals surface area contributed by atoms with Gasteiger partial charge in [0.25, 0.3) is 0 Å². The molecule has 1 saturated heterocycles. The van der Waals surface area contributed by atoms with E-state index in [1.54, 1.807) is 0 Å². The van der Waals surface area contributed by atoms with Gasteiger partial charge in [-0.25, -0.2) is 4.79 Å². The quantitative estimate of drug-likeness (QED) is 0.843. The van der Waals surface area contributed by atoms with E-state index >= 15 is 0 Å². The summed E-state index contributed by atoms with van der Waals surface area (Å²) in [6.07, 6.45) is 7.63. The number of carbonyl (C=O) groups is 2. The lowest BCUT2D eigenvalue weighted by Gasteiger charge is -2.35. The molecule has 0 aromatic carbocycles. The lowest BCUT2D eigenvalue weighted by molar-refractivity contribution is -0.137. The summed E-state index contributed by atoms with van der Waals surface area (Å²) in [5.74, 6) is -0.827. The molecule has 1 N–H and O–H groups in total. The smallest absolute Gasteiger partial charge is 0.320 e. The maximum Gasteiger partial charge on any atom is 0.320 e. The van der Waals surface area contributed by atoms with E-state index in [9.17, 15) is 9.59 Å². The average molecular weight is 282 g/mol. The highest BCUT2D eigenvalue weighted by Crippen LogP contribution is 2.30. The van der Waals surface area contributed by atoms with Gasteiger partial charge in [-0.2, -0.15) is 0 Å². The number of hydrogen-bond donors (Lipinski definition) is 1. The van der Waals surface area contributed by atoms with Gasteiger partial charge < -0.3 is 14.9 Å². The number of carbonyl (C=O) groups excluding carboxylic acids is 1. The molecule has 0 aromatic rings. The highest BCUT2D eigenvalue weighted by Gasteiger charge is 2.36. The Bertz CT molecular complexity index is 355. The van der Waals surface area contributed by atoms with Crippen LogP contribution in [0.1, 0.15) is 58.3 Å². The van der Waals surface area contributed by atoms with Gasteiger partial charge >= 0.3 is 12.0 Å². The van der Waals surface area contributed by atoms with E-state index in [2.05, 4.69) is 6.92 Å². The standard InChI is InChI=1S/C15H26N2O3/c1-2-12-6-4-3-5-10-16(12)15(20)17(13-7-8-13)11-9-14(18)19/h12-13H,2-11H2,1H3,(H,18,19).